The molecule has 1 atom stereocenters. The highest BCUT2D eigenvalue weighted by molar-refractivity contribution is 5.86. The van der Waals surface area contributed by atoms with Crippen LogP contribution in [0.25, 0.3) is 0 Å². The summed E-state index contributed by atoms with van der Waals surface area (Å²) >= 11 is 0. The summed E-state index contributed by atoms with van der Waals surface area (Å²) in [6.45, 7) is 10.5. The molecule has 0 bridgehead atoms. The van der Waals surface area contributed by atoms with E-state index in [0.29, 0.717) is 18.3 Å². The van der Waals surface area contributed by atoms with Crippen molar-refractivity contribution in [3.8, 4) is 0 Å². The monoisotopic (exact) mass is 228 g/mol. The smallest absolute Gasteiger partial charge is 0.333 e. The highest BCUT2D eigenvalue weighted by Crippen LogP contribution is 2.09. The van der Waals surface area contributed by atoms with E-state index in [1.54, 1.807) is 6.92 Å². The van der Waals surface area contributed by atoms with Crippen LogP contribution in [0.1, 0.15) is 46.5 Å². The van der Waals surface area contributed by atoms with Crippen LogP contribution in [-0.4, -0.2) is 25.3 Å². The van der Waals surface area contributed by atoms with E-state index in [9.17, 15) is 4.79 Å². The van der Waals surface area contributed by atoms with Crippen LogP contribution in [0.2, 0.25) is 0 Å². The minimum atomic E-state index is -0.302. The fraction of sp³-hybridized carbons (Fsp3) is 0.769. The lowest BCUT2D eigenvalue weighted by atomic mass is 10.1. The van der Waals surface area contributed by atoms with Gasteiger partial charge in [0.25, 0.3) is 0 Å². The summed E-state index contributed by atoms with van der Waals surface area (Å²) in [6.07, 6.45) is 4.30. The van der Waals surface area contributed by atoms with E-state index in [2.05, 4.69) is 13.5 Å². The van der Waals surface area contributed by atoms with E-state index in [4.69, 9.17) is 9.47 Å². The minimum Gasteiger partial charge on any atom is -0.462 e. The Bertz CT molecular complexity index is 205. The summed E-state index contributed by atoms with van der Waals surface area (Å²) in [5.74, 6) is -0.302. The minimum absolute atomic E-state index is 0.302. The van der Waals surface area contributed by atoms with Crippen molar-refractivity contribution in [3.63, 3.8) is 0 Å². The summed E-state index contributed by atoms with van der Waals surface area (Å²) in [7, 11) is 0. The Labute approximate surface area is 98.8 Å². The maximum atomic E-state index is 11.1. The molecule has 3 nitrogen and oxygen atoms in total. The molecule has 0 spiro atoms. The third-order valence-electron chi connectivity index (χ3n) is 2.27. The molecule has 94 valence electrons. The zero-order chi connectivity index (χ0) is 12.4. The van der Waals surface area contributed by atoms with Gasteiger partial charge in [-0.15, -0.1) is 0 Å². The standard InChI is InChI=1S/C13H24O3/c1-5-8-12(15-6-2)9-7-10-16-13(14)11(3)4/h12H,3,5-10H2,1-2,4H3. The average Bonchev–Trinajstić information content (AvgIpc) is 2.24. The first-order chi connectivity index (χ1) is 7.61. The van der Waals surface area contributed by atoms with Gasteiger partial charge in [-0.05, 0) is 33.1 Å². The van der Waals surface area contributed by atoms with E-state index in [1.165, 1.54) is 0 Å². The third-order valence-corrected chi connectivity index (χ3v) is 2.27. The molecule has 0 rings (SSSR count). The fourth-order valence-corrected chi connectivity index (χ4v) is 1.47. The molecule has 0 aromatic heterocycles. The van der Waals surface area contributed by atoms with Crippen molar-refractivity contribution in [1.82, 2.24) is 0 Å². The van der Waals surface area contributed by atoms with Crippen molar-refractivity contribution in [1.29, 1.82) is 0 Å². The second-order valence-corrected chi connectivity index (χ2v) is 3.92. The topological polar surface area (TPSA) is 35.5 Å². The van der Waals surface area contributed by atoms with Gasteiger partial charge in [0.15, 0.2) is 0 Å². The second kappa shape index (κ2) is 9.40. The highest BCUT2D eigenvalue weighted by atomic mass is 16.5. The predicted octanol–water partition coefficient (Wildman–Crippen LogP) is 3.09. The van der Waals surface area contributed by atoms with Crippen molar-refractivity contribution in [2.75, 3.05) is 13.2 Å². The van der Waals surface area contributed by atoms with Gasteiger partial charge in [-0.3, -0.25) is 0 Å². The number of carbonyl (C=O) groups is 1. The quantitative estimate of drug-likeness (QED) is 0.345. The summed E-state index contributed by atoms with van der Waals surface area (Å²) in [6, 6.07) is 0. The molecule has 16 heavy (non-hydrogen) atoms. The molecule has 0 aromatic rings. The van der Waals surface area contributed by atoms with Crippen molar-refractivity contribution in [3.05, 3.63) is 12.2 Å². The zero-order valence-corrected chi connectivity index (χ0v) is 10.8. The molecule has 0 radical (unpaired) electrons. The van der Waals surface area contributed by atoms with Gasteiger partial charge in [0.2, 0.25) is 0 Å². The van der Waals surface area contributed by atoms with E-state index >= 15 is 0 Å². The number of rotatable bonds is 9. The molecule has 0 amide bonds. The number of carbonyl (C=O) groups excluding carboxylic acids is 1. The first-order valence-electron chi connectivity index (χ1n) is 6.06. The molecule has 1 unspecified atom stereocenters. The van der Waals surface area contributed by atoms with Gasteiger partial charge in [0.1, 0.15) is 0 Å². The van der Waals surface area contributed by atoms with Crippen LogP contribution >= 0.6 is 0 Å². The summed E-state index contributed by atoms with van der Waals surface area (Å²) < 4.78 is 10.6. The molecule has 3 heteroatoms. The maximum Gasteiger partial charge on any atom is 0.333 e. The van der Waals surface area contributed by atoms with Crippen LogP contribution < -0.4 is 0 Å². The lowest BCUT2D eigenvalue weighted by Gasteiger charge is -2.15. The van der Waals surface area contributed by atoms with Gasteiger partial charge in [-0.1, -0.05) is 19.9 Å². The Morgan fingerprint density at radius 1 is 1.31 bits per heavy atom. The number of hydrogen-bond acceptors (Lipinski definition) is 3. The molecule has 0 saturated heterocycles. The average molecular weight is 228 g/mol. The maximum absolute atomic E-state index is 11.1. The largest absolute Gasteiger partial charge is 0.462 e. The van der Waals surface area contributed by atoms with Crippen LogP contribution in [0.15, 0.2) is 12.2 Å². The Kier molecular flexibility index (Phi) is 8.91. The van der Waals surface area contributed by atoms with Crippen LogP contribution in [0.5, 0.6) is 0 Å². The van der Waals surface area contributed by atoms with Gasteiger partial charge in [-0.25, -0.2) is 4.79 Å². The first kappa shape index (κ1) is 15.2. The molecule has 0 heterocycles. The van der Waals surface area contributed by atoms with E-state index < -0.39 is 0 Å². The summed E-state index contributed by atoms with van der Waals surface area (Å²) in [5.41, 5.74) is 0.454. The first-order valence-corrected chi connectivity index (χ1v) is 6.06. The molecule has 0 saturated carbocycles. The van der Waals surface area contributed by atoms with E-state index in [-0.39, 0.29) is 5.97 Å². The molecule has 0 aliphatic carbocycles. The fourth-order valence-electron chi connectivity index (χ4n) is 1.47. The Morgan fingerprint density at radius 3 is 2.50 bits per heavy atom. The van der Waals surface area contributed by atoms with Crippen LogP contribution in [0.3, 0.4) is 0 Å². The van der Waals surface area contributed by atoms with Gasteiger partial charge in [-0.2, -0.15) is 0 Å². The lowest BCUT2D eigenvalue weighted by Crippen LogP contribution is -2.14. The molecule has 0 aliphatic heterocycles. The Morgan fingerprint density at radius 2 is 2.00 bits per heavy atom. The van der Waals surface area contributed by atoms with Crippen molar-refractivity contribution < 1.29 is 14.3 Å². The molecular formula is C13H24O3. The van der Waals surface area contributed by atoms with Crippen LogP contribution in [0, 0.1) is 0 Å². The van der Waals surface area contributed by atoms with E-state index in [1.807, 2.05) is 6.92 Å². The van der Waals surface area contributed by atoms with E-state index in [0.717, 1.165) is 32.3 Å². The van der Waals surface area contributed by atoms with Gasteiger partial charge < -0.3 is 9.47 Å². The molecule has 0 N–H and O–H groups in total. The van der Waals surface area contributed by atoms with Crippen molar-refractivity contribution in [2.24, 2.45) is 0 Å². The molecule has 0 aromatic carbocycles. The lowest BCUT2D eigenvalue weighted by molar-refractivity contribution is -0.139. The number of hydrogen-bond donors (Lipinski definition) is 0. The zero-order valence-electron chi connectivity index (χ0n) is 10.8. The van der Waals surface area contributed by atoms with Crippen LogP contribution in [0.4, 0.5) is 0 Å². The Hall–Kier alpha value is -0.830. The van der Waals surface area contributed by atoms with Gasteiger partial charge in [0, 0.05) is 12.2 Å². The molecular weight excluding hydrogens is 204 g/mol. The highest BCUT2D eigenvalue weighted by Gasteiger charge is 2.08. The molecule has 0 aliphatic rings. The summed E-state index contributed by atoms with van der Waals surface area (Å²) in [5, 5.41) is 0. The third kappa shape index (κ3) is 7.46. The van der Waals surface area contributed by atoms with Crippen LogP contribution in [-0.2, 0) is 14.3 Å². The van der Waals surface area contributed by atoms with Crippen molar-refractivity contribution in [2.45, 2.75) is 52.6 Å². The molecule has 0 fully saturated rings. The van der Waals surface area contributed by atoms with Gasteiger partial charge >= 0.3 is 5.97 Å². The Balaban J connectivity index is 3.61. The second-order valence-electron chi connectivity index (χ2n) is 3.92. The predicted molar refractivity (Wildman–Crippen MR) is 65.3 cm³/mol. The number of esters is 1. The summed E-state index contributed by atoms with van der Waals surface area (Å²) in [4.78, 5) is 11.1. The number of ether oxygens (including phenoxy) is 2. The normalized spacial score (nSPS) is 12.2. The van der Waals surface area contributed by atoms with Crippen molar-refractivity contribution >= 4 is 5.97 Å². The van der Waals surface area contributed by atoms with Gasteiger partial charge in [0.05, 0.1) is 12.7 Å². The SMILES string of the molecule is C=C(C)C(=O)OCCCC(CCC)OCC.